The van der Waals surface area contributed by atoms with Crippen LogP contribution in [-0.4, -0.2) is 36.6 Å². The van der Waals surface area contributed by atoms with Crippen molar-refractivity contribution in [2.24, 2.45) is 11.3 Å². The van der Waals surface area contributed by atoms with E-state index in [0.717, 1.165) is 32.4 Å². The maximum Gasteiger partial charge on any atom is 0.303 e. The van der Waals surface area contributed by atoms with Crippen molar-refractivity contribution >= 4 is 11.9 Å². The third kappa shape index (κ3) is 4.29. The van der Waals surface area contributed by atoms with Gasteiger partial charge in [-0.25, -0.2) is 0 Å². The molecule has 1 unspecified atom stereocenters. The summed E-state index contributed by atoms with van der Waals surface area (Å²) in [5, 5.41) is 14.9. The van der Waals surface area contributed by atoms with E-state index in [-0.39, 0.29) is 23.7 Å². The highest BCUT2D eigenvalue weighted by atomic mass is 16.4. The fourth-order valence-electron chi connectivity index (χ4n) is 2.26. The molecule has 1 rings (SSSR count). The zero-order valence-corrected chi connectivity index (χ0v) is 11.3. The lowest BCUT2D eigenvalue weighted by atomic mass is 9.80. The average Bonchev–Trinajstić information content (AvgIpc) is 2.34. The number of carboxylic acids is 1. The van der Waals surface area contributed by atoms with Crippen molar-refractivity contribution < 1.29 is 14.7 Å². The smallest absolute Gasteiger partial charge is 0.303 e. The quantitative estimate of drug-likeness (QED) is 0.662. The summed E-state index contributed by atoms with van der Waals surface area (Å²) in [6.45, 7) is 6.14. The van der Waals surface area contributed by atoms with Crippen LogP contribution in [0.15, 0.2) is 0 Å². The topological polar surface area (TPSA) is 78.4 Å². The van der Waals surface area contributed by atoms with Gasteiger partial charge in [0.2, 0.25) is 5.91 Å². The van der Waals surface area contributed by atoms with Crippen molar-refractivity contribution in [2.45, 2.75) is 39.5 Å². The van der Waals surface area contributed by atoms with Crippen molar-refractivity contribution in [3.63, 3.8) is 0 Å². The third-order valence-electron chi connectivity index (χ3n) is 3.85. The first kappa shape index (κ1) is 15.0. The van der Waals surface area contributed by atoms with E-state index in [1.165, 1.54) is 0 Å². The van der Waals surface area contributed by atoms with Crippen LogP contribution in [0.1, 0.15) is 39.5 Å². The number of nitrogens with one attached hydrogen (secondary N) is 2. The van der Waals surface area contributed by atoms with Gasteiger partial charge in [0.25, 0.3) is 0 Å². The number of carboxylic acid groups (broad SMARTS) is 1. The second-order valence-corrected chi connectivity index (χ2v) is 5.39. The van der Waals surface area contributed by atoms with E-state index in [1.54, 1.807) is 0 Å². The van der Waals surface area contributed by atoms with Crippen molar-refractivity contribution in [3.05, 3.63) is 0 Å². The largest absolute Gasteiger partial charge is 0.481 e. The van der Waals surface area contributed by atoms with Crippen LogP contribution in [0.2, 0.25) is 0 Å². The fraction of sp³-hybridized carbons (Fsp3) is 0.846. The minimum Gasteiger partial charge on any atom is -0.481 e. The number of hydrogen-bond donors (Lipinski definition) is 3. The first-order chi connectivity index (χ1) is 8.48. The minimum absolute atomic E-state index is 0.0248. The molecule has 1 heterocycles. The molecule has 1 amide bonds. The molecule has 0 aromatic carbocycles. The van der Waals surface area contributed by atoms with Gasteiger partial charge in [-0.3, -0.25) is 9.59 Å². The van der Waals surface area contributed by atoms with E-state index < -0.39 is 5.97 Å². The Bertz CT molecular complexity index is 299. The summed E-state index contributed by atoms with van der Waals surface area (Å²) in [4.78, 5) is 22.8. The predicted octanol–water partition coefficient (Wildman–Crippen LogP) is 0.993. The van der Waals surface area contributed by atoms with Crippen LogP contribution >= 0.6 is 0 Å². The standard InChI is InChI=1S/C13H24N2O3/c1-3-10(8-11(16)17)9-15-12(18)13(2)4-6-14-7-5-13/h10,14H,3-9H2,1-2H3,(H,15,18)(H,16,17). The van der Waals surface area contributed by atoms with Crippen LogP contribution in [0.5, 0.6) is 0 Å². The lowest BCUT2D eigenvalue weighted by Crippen LogP contribution is -2.46. The molecule has 1 aliphatic rings. The summed E-state index contributed by atoms with van der Waals surface area (Å²) in [7, 11) is 0. The van der Waals surface area contributed by atoms with Gasteiger partial charge in [0, 0.05) is 18.4 Å². The molecule has 0 saturated carbocycles. The molecule has 0 radical (unpaired) electrons. The normalized spacial score (nSPS) is 20.1. The van der Waals surface area contributed by atoms with Gasteiger partial charge >= 0.3 is 5.97 Å². The number of piperidine rings is 1. The van der Waals surface area contributed by atoms with Crippen LogP contribution in [0.4, 0.5) is 0 Å². The molecule has 104 valence electrons. The van der Waals surface area contributed by atoms with Gasteiger partial charge in [-0.05, 0) is 31.8 Å². The Labute approximate surface area is 108 Å². The summed E-state index contributed by atoms with van der Waals surface area (Å²) in [6, 6.07) is 0. The maximum atomic E-state index is 12.1. The van der Waals surface area contributed by atoms with Crippen LogP contribution in [0.25, 0.3) is 0 Å². The zero-order chi connectivity index (χ0) is 13.6. The molecule has 0 aromatic rings. The SMILES string of the molecule is CCC(CNC(=O)C1(C)CCNCC1)CC(=O)O. The van der Waals surface area contributed by atoms with Gasteiger partial charge in [-0.1, -0.05) is 20.3 Å². The van der Waals surface area contributed by atoms with E-state index in [4.69, 9.17) is 5.11 Å². The number of rotatable bonds is 6. The fourth-order valence-corrected chi connectivity index (χ4v) is 2.26. The number of hydrogen-bond acceptors (Lipinski definition) is 3. The molecule has 0 bridgehead atoms. The van der Waals surface area contributed by atoms with E-state index in [0.29, 0.717) is 6.54 Å². The molecule has 1 aliphatic heterocycles. The average molecular weight is 256 g/mol. The molecule has 0 aromatic heterocycles. The molecule has 3 N–H and O–H groups in total. The van der Waals surface area contributed by atoms with Gasteiger partial charge in [-0.15, -0.1) is 0 Å². The van der Waals surface area contributed by atoms with Crippen molar-refractivity contribution in [3.8, 4) is 0 Å². The third-order valence-corrected chi connectivity index (χ3v) is 3.85. The van der Waals surface area contributed by atoms with Crippen molar-refractivity contribution in [1.82, 2.24) is 10.6 Å². The van der Waals surface area contributed by atoms with Crippen LogP contribution in [0, 0.1) is 11.3 Å². The highest BCUT2D eigenvalue weighted by Crippen LogP contribution is 2.28. The zero-order valence-electron chi connectivity index (χ0n) is 11.3. The molecule has 18 heavy (non-hydrogen) atoms. The summed E-state index contributed by atoms with van der Waals surface area (Å²) in [5.41, 5.74) is -0.299. The molecule has 1 saturated heterocycles. The number of aliphatic carboxylic acids is 1. The Morgan fingerprint density at radius 2 is 2.00 bits per heavy atom. The Balaban J connectivity index is 2.41. The van der Waals surface area contributed by atoms with Crippen LogP contribution in [-0.2, 0) is 9.59 Å². The van der Waals surface area contributed by atoms with Crippen molar-refractivity contribution in [2.75, 3.05) is 19.6 Å². The molecule has 1 atom stereocenters. The van der Waals surface area contributed by atoms with Gasteiger partial charge in [0.15, 0.2) is 0 Å². The number of carbonyl (C=O) groups is 2. The van der Waals surface area contributed by atoms with E-state index in [9.17, 15) is 9.59 Å². The molecular formula is C13H24N2O3. The highest BCUT2D eigenvalue weighted by molar-refractivity contribution is 5.82. The lowest BCUT2D eigenvalue weighted by molar-refractivity contribution is -0.138. The first-order valence-corrected chi connectivity index (χ1v) is 6.69. The van der Waals surface area contributed by atoms with Gasteiger partial charge < -0.3 is 15.7 Å². The first-order valence-electron chi connectivity index (χ1n) is 6.69. The lowest BCUT2D eigenvalue weighted by Gasteiger charge is -2.33. The Morgan fingerprint density at radius 3 is 2.50 bits per heavy atom. The molecule has 0 aliphatic carbocycles. The van der Waals surface area contributed by atoms with Crippen LogP contribution < -0.4 is 10.6 Å². The summed E-state index contributed by atoms with van der Waals surface area (Å²) < 4.78 is 0. The summed E-state index contributed by atoms with van der Waals surface area (Å²) in [5.74, 6) is -0.714. The van der Waals surface area contributed by atoms with E-state index >= 15 is 0 Å². The number of amides is 1. The monoisotopic (exact) mass is 256 g/mol. The van der Waals surface area contributed by atoms with Gasteiger partial charge in [0.1, 0.15) is 0 Å². The predicted molar refractivity (Wildman–Crippen MR) is 69.3 cm³/mol. The van der Waals surface area contributed by atoms with Crippen LogP contribution in [0.3, 0.4) is 0 Å². The molecule has 5 heteroatoms. The van der Waals surface area contributed by atoms with E-state index in [2.05, 4.69) is 10.6 Å². The highest BCUT2D eigenvalue weighted by Gasteiger charge is 2.34. The Morgan fingerprint density at radius 1 is 1.39 bits per heavy atom. The summed E-state index contributed by atoms with van der Waals surface area (Å²) in [6.07, 6.45) is 2.57. The second-order valence-electron chi connectivity index (χ2n) is 5.39. The summed E-state index contributed by atoms with van der Waals surface area (Å²) >= 11 is 0. The molecule has 5 nitrogen and oxygen atoms in total. The molecular weight excluding hydrogens is 232 g/mol. The minimum atomic E-state index is -0.802. The Hall–Kier alpha value is -1.10. The van der Waals surface area contributed by atoms with E-state index in [1.807, 2.05) is 13.8 Å². The second kappa shape index (κ2) is 6.73. The number of carbonyl (C=O) groups excluding carboxylic acids is 1. The maximum absolute atomic E-state index is 12.1. The molecule has 1 fully saturated rings. The van der Waals surface area contributed by atoms with Gasteiger partial charge in [0.05, 0.1) is 0 Å². The van der Waals surface area contributed by atoms with Gasteiger partial charge in [-0.2, -0.15) is 0 Å². The Kier molecular flexibility index (Phi) is 5.59. The van der Waals surface area contributed by atoms with Crippen molar-refractivity contribution in [1.29, 1.82) is 0 Å². The molecule has 0 spiro atoms.